The summed E-state index contributed by atoms with van der Waals surface area (Å²) in [5.41, 5.74) is 0. The van der Waals surface area contributed by atoms with E-state index < -0.39 is 0 Å². The van der Waals surface area contributed by atoms with Gasteiger partial charge in [-0.3, -0.25) is 39.2 Å². The summed E-state index contributed by atoms with van der Waals surface area (Å²) in [7, 11) is 6.66. The lowest BCUT2D eigenvalue weighted by Gasteiger charge is -2.42. The molecule has 0 radical (unpaired) electrons. The highest BCUT2D eigenvalue weighted by Gasteiger charge is 2.29. The molecule has 1 aromatic rings. The molecule has 0 amide bonds. The third-order valence-corrected chi connectivity index (χ3v) is 30.0. The minimum atomic E-state index is 0.730. The molecule has 9 saturated heterocycles. The Balaban J connectivity index is 0.000000362. The van der Waals surface area contributed by atoms with E-state index >= 15 is 0 Å². The van der Waals surface area contributed by atoms with Gasteiger partial charge in [-0.05, 0) is 286 Å². The summed E-state index contributed by atoms with van der Waals surface area (Å²) >= 11 is 0. The zero-order chi connectivity index (χ0) is 93.1. The average Bonchev–Trinajstić information content (AvgIpc) is 0.980. The summed E-state index contributed by atoms with van der Waals surface area (Å²) in [4.78, 5) is 47.6. The van der Waals surface area contributed by atoms with Crippen molar-refractivity contribution in [3.05, 3.63) is 18.7 Å². The van der Waals surface area contributed by atoms with E-state index in [1.165, 1.54) is 396 Å². The SMILES string of the molecule is CC(C)CCCCC1CCCN1C.CC(C)CCCCn1ccnc1.CC(C)N1CCC(N(C)C)CC1.CC(C)N1CCN(C2CCCCC2)CC1.CC(C)N1CCN(CC2CCCCC2)CC1.CCCN1CCN(C(C)C)CC1.CCCN1CCN(C(C)C)CC1.CCCN1CCN(C(C)C)CC1.CCN1CCN(C(C)C)CC1.CCN1CCN(C(C)C)CC1. The number of nitrogens with zero attached hydrogens (tertiary/aromatic N) is 19. The zero-order valence-electron chi connectivity index (χ0n) is 90.2. The van der Waals surface area contributed by atoms with Gasteiger partial charge in [0.05, 0.1) is 6.33 Å². The maximum absolute atomic E-state index is 4.00. The van der Waals surface area contributed by atoms with Crippen molar-refractivity contribution < 1.29 is 0 Å². The second-order valence-corrected chi connectivity index (χ2v) is 43.4. The molecular formula is C107H225N19. The Morgan fingerprint density at radius 1 is 0.310 bits per heavy atom. The maximum atomic E-state index is 4.00. The van der Waals surface area contributed by atoms with Crippen molar-refractivity contribution in [3.8, 4) is 0 Å². The number of imidazole rings is 1. The number of aryl methyl sites for hydroxylation is 1. The number of rotatable bonds is 30. The Labute approximate surface area is 788 Å². The van der Waals surface area contributed by atoms with Crippen molar-refractivity contribution in [1.82, 2.24) is 92.8 Å². The fourth-order valence-corrected chi connectivity index (χ4v) is 20.4. The number of likely N-dealkylation sites (N-methyl/N-ethyl adjacent to an activating group) is 2. The molecule has 19 nitrogen and oxygen atoms in total. The van der Waals surface area contributed by atoms with Crippen LogP contribution in [0.25, 0.3) is 0 Å². The molecule has 12 rings (SSSR count). The van der Waals surface area contributed by atoms with E-state index in [1.807, 2.05) is 18.7 Å². The summed E-state index contributed by atoms with van der Waals surface area (Å²) in [6, 6.07) is 8.50. The van der Waals surface area contributed by atoms with Crippen molar-refractivity contribution in [1.29, 1.82) is 0 Å². The summed E-state index contributed by atoms with van der Waals surface area (Å²) in [6.07, 6.45) is 39.6. The lowest BCUT2D eigenvalue weighted by atomic mass is 9.89. The smallest absolute Gasteiger partial charge is 0.0945 e. The van der Waals surface area contributed by atoms with Crippen LogP contribution >= 0.6 is 0 Å². The van der Waals surface area contributed by atoms with Crippen molar-refractivity contribution in [3.63, 3.8) is 0 Å². The number of unbranched alkanes of at least 4 members (excludes halogenated alkanes) is 2. The fraction of sp³-hybridized carbons (Fsp3) is 0.972. The van der Waals surface area contributed by atoms with Gasteiger partial charge in [0.15, 0.2) is 0 Å². The van der Waals surface area contributed by atoms with Crippen LogP contribution in [0.15, 0.2) is 18.7 Å². The third-order valence-electron chi connectivity index (χ3n) is 30.0. The molecule has 1 atom stereocenters. The molecule has 2 aliphatic carbocycles. The predicted molar refractivity (Wildman–Crippen MR) is 556 cm³/mol. The van der Waals surface area contributed by atoms with Crippen LogP contribution in [-0.2, 0) is 6.54 Å². The second-order valence-electron chi connectivity index (χ2n) is 43.4. The van der Waals surface area contributed by atoms with E-state index in [1.54, 1.807) is 0 Å². The Bertz CT molecular complexity index is 2380. The number of hydrogen-bond donors (Lipinski definition) is 0. The normalized spacial score (nSPS) is 22.6. The van der Waals surface area contributed by atoms with Crippen LogP contribution in [0.4, 0.5) is 0 Å². The Kier molecular flexibility index (Phi) is 67.8. The molecule has 0 aromatic carbocycles. The van der Waals surface area contributed by atoms with E-state index in [-0.39, 0.29) is 0 Å². The van der Waals surface area contributed by atoms with Gasteiger partial charge in [0, 0.05) is 275 Å². The highest BCUT2D eigenvalue weighted by atomic mass is 15.3. The van der Waals surface area contributed by atoms with E-state index in [2.05, 4.69) is 287 Å². The van der Waals surface area contributed by atoms with Crippen molar-refractivity contribution in [2.24, 2.45) is 17.8 Å². The first-order valence-corrected chi connectivity index (χ1v) is 54.6. The Hall–Kier alpha value is -1.47. The molecule has 0 bridgehead atoms. The van der Waals surface area contributed by atoms with Crippen molar-refractivity contribution in [2.75, 3.05) is 263 Å². The minimum absolute atomic E-state index is 0.730. The number of hydrogen-bond acceptors (Lipinski definition) is 18. The van der Waals surface area contributed by atoms with E-state index in [0.717, 1.165) is 90.8 Å². The summed E-state index contributed by atoms with van der Waals surface area (Å²) in [5, 5.41) is 0. The summed E-state index contributed by atoms with van der Waals surface area (Å²) < 4.78 is 2.14. The quantitative estimate of drug-likeness (QED) is 0.0686. The van der Waals surface area contributed by atoms with Crippen molar-refractivity contribution >= 4 is 0 Å². The average molecular weight is 1780 g/mol. The molecule has 0 spiro atoms. The zero-order valence-corrected chi connectivity index (χ0v) is 90.2. The number of piperidine rings is 1. The highest BCUT2D eigenvalue weighted by Crippen LogP contribution is 2.27. The maximum Gasteiger partial charge on any atom is 0.0945 e. The van der Waals surface area contributed by atoms with Gasteiger partial charge < -0.3 is 48.7 Å². The molecule has 126 heavy (non-hydrogen) atoms. The van der Waals surface area contributed by atoms with Crippen LogP contribution in [-0.4, -0.2) is 423 Å². The first-order valence-electron chi connectivity index (χ1n) is 54.6. The van der Waals surface area contributed by atoms with Crippen LogP contribution in [0, 0.1) is 17.8 Å². The number of likely N-dealkylation sites (tertiary alicyclic amines) is 2. The molecule has 1 aromatic heterocycles. The van der Waals surface area contributed by atoms with Gasteiger partial charge in [-0.15, -0.1) is 0 Å². The minimum Gasteiger partial charge on any atom is -0.337 e. The lowest BCUT2D eigenvalue weighted by molar-refractivity contribution is 0.0644. The monoisotopic (exact) mass is 1780 g/mol. The van der Waals surface area contributed by atoms with Crippen LogP contribution in [0.3, 0.4) is 0 Å². The fourth-order valence-electron chi connectivity index (χ4n) is 20.4. The van der Waals surface area contributed by atoms with E-state index in [0.29, 0.717) is 0 Å². The van der Waals surface area contributed by atoms with E-state index in [9.17, 15) is 0 Å². The first-order chi connectivity index (χ1) is 60.3. The molecule has 19 heteroatoms. The van der Waals surface area contributed by atoms with Gasteiger partial charge in [-0.1, -0.05) is 133 Å². The van der Waals surface area contributed by atoms with Gasteiger partial charge in [0.2, 0.25) is 0 Å². The second kappa shape index (κ2) is 72.0. The molecule has 10 heterocycles. The summed E-state index contributed by atoms with van der Waals surface area (Å²) in [5.74, 6) is 2.74. The Morgan fingerprint density at radius 3 is 0.921 bits per heavy atom. The predicted octanol–water partition coefficient (Wildman–Crippen LogP) is 18.7. The lowest BCUT2D eigenvalue weighted by Crippen LogP contribution is -2.52. The standard InChI is InChI=1S/C14H28N2.C13H26N2.C12H25N.C10H22N2.C10H18N2.3C10H22N2.2C9H20N2/c1-13(2)16-10-8-15(9-11-16)12-14-6-4-3-5-7-14;1-12(2)14-8-10-15(11-9-14)13-6-4-3-5-7-13;1-11(2)7-4-5-8-12-9-6-10-13(12)3;1-9(2)12-7-5-10(6-8-12)11(3)4;1-10(2)5-3-4-7-12-8-6-11-9-12;3*1-4-5-11-6-8-12(9-7-11)10(2)3;2*1-4-10-5-7-11(8-6-10)9(2)3/h13-14H,3-12H2,1-2H3;12-13H,3-11H2,1-2H3;11-12H,4-10H2,1-3H3;9-10H,5-8H2,1-4H3;6,8-10H,3-5,7H2,1-2H3;3*10H,4-9H2,1-3H3;2*9H,4-8H2,1-3H3. The van der Waals surface area contributed by atoms with E-state index in [4.69, 9.17) is 0 Å². The first kappa shape index (κ1) is 119. The molecule has 11 fully saturated rings. The topological polar surface area (TPSA) is 72.9 Å². The van der Waals surface area contributed by atoms with Crippen LogP contribution in [0.1, 0.15) is 327 Å². The summed E-state index contributed by atoms with van der Waals surface area (Å²) in [6.45, 7) is 105. The van der Waals surface area contributed by atoms with Crippen LogP contribution in [0.2, 0.25) is 0 Å². The molecule has 1 unspecified atom stereocenters. The number of piperazine rings is 7. The highest BCUT2D eigenvalue weighted by molar-refractivity contribution is 4.86. The van der Waals surface area contributed by atoms with Gasteiger partial charge in [-0.25, -0.2) is 4.98 Å². The molecule has 9 aliphatic heterocycles. The Morgan fingerprint density at radius 2 is 0.627 bits per heavy atom. The van der Waals surface area contributed by atoms with Gasteiger partial charge >= 0.3 is 0 Å². The van der Waals surface area contributed by atoms with Gasteiger partial charge in [0.1, 0.15) is 0 Å². The largest absolute Gasteiger partial charge is 0.337 e. The third kappa shape index (κ3) is 54.3. The number of aromatic nitrogens is 2. The van der Waals surface area contributed by atoms with Gasteiger partial charge in [0.25, 0.3) is 0 Å². The van der Waals surface area contributed by atoms with Crippen LogP contribution < -0.4 is 0 Å². The van der Waals surface area contributed by atoms with Gasteiger partial charge in [-0.2, -0.15) is 0 Å². The molecule has 2 saturated carbocycles. The van der Waals surface area contributed by atoms with Crippen LogP contribution in [0.5, 0.6) is 0 Å². The molecule has 748 valence electrons. The molecule has 11 aliphatic rings. The van der Waals surface area contributed by atoms with Crippen molar-refractivity contribution in [2.45, 2.75) is 400 Å². The molecular weight excluding hydrogens is 1550 g/mol. The molecule has 0 N–H and O–H groups in total.